The van der Waals surface area contributed by atoms with Crippen molar-refractivity contribution in [2.75, 3.05) is 0 Å². The average molecular weight is 305 g/mol. The Kier molecular flexibility index (Phi) is 3.67. The largest absolute Gasteiger partial charge is 0.252 e. The lowest BCUT2D eigenvalue weighted by molar-refractivity contribution is 0.422. The smallest absolute Gasteiger partial charge is 0.214 e. The first kappa shape index (κ1) is 15.7. The first-order valence-corrected chi connectivity index (χ1v) is 6.14. The van der Waals surface area contributed by atoms with Gasteiger partial charge in [-0.2, -0.15) is 8.78 Å². The summed E-state index contributed by atoms with van der Waals surface area (Å²) in [7, 11) is 1.44. The molecule has 0 amide bonds. The second-order valence-electron chi connectivity index (χ2n) is 5.31. The fraction of sp³-hybridized carbons (Fsp3) is 0.308. The first-order valence-electron chi connectivity index (χ1n) is 6.14. The second-order valence-corrected chi connectivity index (χ2v) is 5.31. The number of nitrogens with zero attached hydrogens (tertiary/aromatic N) is 1. The van der Waals surface area contributed by atoms with Gasteiger partial charge in [0.1, 0.15) is 13.4 Å². The first-order chi connectivity index (χ1) is 9.63. The summed E-state index contributed by atoms with van der Waals surface area (Å²) < 4.78 is 82.2. The Labute approximate surface area is 117 Å². The van der Waals surface area contributed by atoms with Crippen LogP contribution in [0.4, 0.5) is 26.3 Å². The van der Waals surface area contributed by atoms with Gasteiger partial charge in [-0.3, -0.25) is 0 Å². The molecule has 0 fully saturated rings. The molecule has 21 heavy (non-hydrogen) atoms. The number of halogens is 6. The molecule has 2 rings (SSSR count). The molecule has 0 saturated heterocycles. The third-order valence-electron chi connectivity index (χ3n) is 3.66. The lowest BCUT2D eigenvalue weighted by Crippen LogP contribution is -2.25. The molecule has 0 spiro atoms. The molecular weight excluding hydrogens is 295 g/mol. The fourth-order valence-electron chi connectivity index (χ4n) is 2.07. The molecule has 1 nitrogen and oxygen atoms in total. The van der Waals surface area contributed by atoms with Crippen molar-refractivity contribution in [2.45, 2.75) is 25.6 Å². The quantitative estimate of drug-likeness (QED) is 0.359. The van der Waals surface area contributed by atoms with Crippen LogP contribution in [0, 0.1) is 35.0 Å². The van der Waals surface area contributed by atoms with Crippen molar-refractivity contribution in [3.8, 4) is 0 Å². The van der Waals surface area contributed by atoms with Gasteiger partial charge in [0, 0.05) is 5.56 Å². The molecule has 0 aliphatic carbocycles. The third-order valence-corrected chi connectivity index (χ3v) is 3.66. The van der Waals surface area contributed by atoms with E-state index in [1.165, 1.54) is 14.8 Å². The van der Waals surface area contributed by atoms with E-state index in [1.54, 1.807) is 6.92 Å². The van der Waals surface area contributed by atoms with Crippen LogP contribution in [0.1, 0.15) is 25.8 Å². The monoisotopic (exact) mass is 305 g/mol. The maximum absolute atomic E-state index is 14.4. The van der Waals surface area contributed by atoms with Crippen LogP contribution in [0.5, 0.6) is 0 Å². The van der Waals surface area contributed by atoms with Gasteiger partial charge in [0.15, 0.2) is 23.3 Å². The van der Waals surface area contributed by atoms with E-state index in [0.717, 1.165) is 0 Å². The minimum absolute atomic E-state index is 0.234. The summed E-state index contributed by atoms with van der Waals surface area (Å²) >= 11 is 0. The van der Waals surface area contributed by atoms with Crippen molar-refractivity contribution in [2.24, 2.45) is 0 Å². The molecule has 0 aliphatic rings. The third kappa shape index (κ3) is 2.17. The Morgan fingerprint density at radius 3 is 1.95 bits per heavy atom. The van der Waals surface area contributed by atoms with Crippen molar-refractivity contribution >= 4 is 18.7 Å². The Morgan fingerprint density at radius 2 is 1.43 bits per heavy atom. The standard InChI is InChI=1S/C13H10BF6N/c1-3-13(2,14)5-8(17)6(15)4-7(16)10(19)12(20)21-11(4)9(5)18/h3,14H2,1-2H3. The van der Waals surface area contributed by atoms with Crippen LogP contribution in [-0.4, -0.2) is 12.8 Å². The maximum atomic E-state index is 14.4. The van der Waals surface area contributed by atoms with Gasteiger partial charge in [-0.05, 0) is 5.31 Å². The Bertz CT molecular complexity index is 744. The van der Waals surface area contributed by atoms with E-state index in [1.807, 2.05) is 0 Å². The zero-order valence-electron chi connectivity index (χ0n) is 11.4. The topological polar surface area (TPSA) is 12.9 Å². The summed E-state index contributed by atoms with van der Waals surface area (Å²) in [6.07, 6.45) is 0.234. The van der Waals surface area contributed by atoms with Gasteiger partial charge >= 0.3 is 0 Å². The van der Waals surface area contributed by atoms with Crippen LogP contribution in [-0.2, 0) is 5.31 Å². The van der Waals surface area contributed by atoms with Crippen LogP contribution >= 0.6 is 0 Å². The van der Waals surface area contributed by atoms with E-state index < -0.39 is 56.8 Å². The number of rotatable bonds is 2. The zero-order chi connectivity index (χ0) is 16.1. The average Bonchev–Trinajstić information content (AvgIpc) is 2.42. The van der Waals surface area contributed by atoms with E-state index in [-0.39, 0.29) is 6.42 Å². The molecule has 112 valence electrons. The van der Waals surface area contributed by atoms with Gasteiger partial charge < -0.3 is 0 Å². The van der Waals surface area contributed by atoms with Crippen LogP contribution in [0.2, 0.25) is 0 Å². The Balaban J connectivity index is 3.05. The summed E-state index contributed by atoms with van der Waals surface area (Å²) in [6.45, 7) is 3.05. The highest BCUT2D eigenvalue weighted by Gasteiger charge is 2.33. The molecule has 1 aromatic heterocycles. The maximum Gasteiger partial charge on any atom is 0.252 e. The summed E-state index contributed by atoms with van der Waals surface area (Å²) in [5.41, 5.74) is -1.74. The molecule has 0 bridgehead atoms. The number of hydrogen-bond acceptors (Lipinski definition) is 1. The predicted molar refractivity (Wildman–Crippen MR) is 67.7 cm³/mol. The molecule has 0 saturated carbocycles. The van der Waals surface area contributed by atoms with Gasteiger partial charge in [0.2, 0.25) is 5.82 Å². The zero-order valence-corrected chi connectivity index (χ0v) is 11.4. The highest BCUT2D eigenvalue weighted by Crippen LogP contribution is 2.36. The van der Waals surface area contributed by atoms with Crippen LogP contribution in [0.3, 0.4) is 0 Å². The van der Waals surface area contributed by atoms with E-state index in [4.69, 9.17) is 0 Å². The van der Waals surface area contributed by atoms with Crippen molar-refractivity contribution in [3.63, 3.8) is 0 Å². The Hall–Kier alpha value is -1.73. The van der Waals surface area contributed by atoms with Crippen LogP contribution in [0.15, 0.2) is 0 Å². The molecule has 1 aromatic carbocycles. The lowest BCUT2D eigenvalue weighted by atomic mass is 9.63. The molecule has 2 aromatic rings. The summed E-state index contributed by atoms with van der Waals surface area (Å²) in [5.74, 6) is -10.8. The molecule has 0 radical (unpaired) electrons. The highest BCUT2D eigenvalue weighted by atomic mass is 19.2. The molecule has 0 N–H and O–H groups in total. The normalized spacial score (nSPS) is 14.5. The molecule has 8 heteroatoms. The van der Waals surface area contributed by atoms with Gasteiger partial charge in [0.25, 0.3) is 5.95 Å². The molecule has 1 heterocycles. The van der Waals surface area contributed by atoms with Gasteiger partial charge in [-0.1, -0.05) is 20.3 Å². The molecule has 0 aliphatic heterocycles. The minimum Gasteiger partial charge on any atom is -0.214 e. The molecule has 1 atom stereocenters. The summed E-state index contributed by atoms with van der Waals surface area (Å²) in [4.78, 5) is 2.88. The van der Waals surface area contributed by atoms with E-state index in [9.17, 15) is 26.3 Å². The van der Waals surface area contributed by atoms with Crippen molar-refractivity contribution in [3.05, 3.63) is 40.6 Å². The van der Waals surface area contributed by atoms with E-state index in [2.05, 4.69) is 4.98 Å². The molecule has 1 unspecified atom stereocenters. The fourth-order valence-corrected chi connectivity index (χ4v) is 2.07. The number of hydrogen-bond donors (Lipinski definition) is 0. The van der Waals surface area contributed by atoms with Crippen molar-refractivity contribution in [1.82, 2.24) is 4.98 Å². The molecular formula is C13H10BF6N. The minimum atomic E-state index is -2.08. The highest BCUT2D eigenvalue weighted by molar-refractivity contribution is 6.15. The SMILES string of the molecule is BC(C)(CC)c1c(F)c(F)c2c(F)c(F)c(F)nc2c1F. The number of aromatic nitrogens is 1. The van der Waals surface area contributed by atoms with E-state index >= 15 is 0 Å². The Morgan fingerprint density at radius 1 is 0.905 bits per heavy atom. The summed E-state index contributed by atoms with van der Waals surface area (Å²) in [5, 5.41) is -2.47. The van der Waals surface area contributed by atoms with Gasteiger partial charge in [0.05, 0.1) is 5.39 Å². The van der Waals surface area contributed by atoms with E-state index in [0.29, 0.717) is 0 Å². The van der Waals surface area contributed by atoms with Gasteiger partial charge in [-0.15, -0.1) is 0 Å². The lowest BCUT2D eigenvalue weighted by Gasteiger charge is -2.25. The van der Waals surface area contributed by atoms with Crippen LogP contribution in [0.25, 0.3) is 10.9 Å². The summed E-state index contributed by atoms with van der Waals surface area (Å²) in [6, 6.07) is 0. The predicted octanol–water partition coefficient (Wildman–Crippen LogP) is 3.33. The van der Waals surface area contributed by atoms with Gasteiger partial charge in [-0.25, -0.2) is 22.5 Å². The van der Waals surface area contributed by atoms with Crippen molar-refractivity contribution < 1.29 is 26.3 Å². The van der Waals surface area contributed by atoms with Crippen LogP contribution < -0.4 is 0 Å². The number of fused-ring (bicyclic) bond motifs is 1. The van der Waals surface area contributed by atoms with Crippen molar-refractivity contribution in [1.29, 1.82) is 0 Å². The number of pyridine rings is 1. The second kappa shape index (κ2) is 4.93. The number of benzene rings is 1.